The summed E-state index contributed by atoms with van der Waals surface area (Å²) in [6.45, 7) is 4.36. The molecule has 0 fully saturated rings. The molecule has 0 radical (unpaired) electrons. The highest BCUT2D eigenvalue weighted by atomic mass is 16.5. The lowest BCUT2D eigenvalue weighted by molar-refractivity contribution is 0.0988. The Kier molecular flexibility index (Phi) is 4.99. The Labute approximate surface area is 146 Å². The fourth-order valence-electron chi connectivity index (χ4n) is 2.32. The van der Waals surface area contributed by atoms with Crippen molar-refractivity contribution in [3.63, 3.8) is 0 Å². The molecule has 0 atom stereocenters. The van der Waals surface area contributed by atoms with Crippen LogP contribution in [-0.2, 0) is 0 Å². The van der Waals surface area contributed by atoms with Gasteiger partial charge in [-0.2, -0.15) is 0 Å². The molecule has 3 aromatic rings. The van der Waals surface area contributed by atoms with Crippen LogP contribution in [0.25, 0.3) is 0 Å². The molecule has 0 spiro atoms. The fourth-order valence-corrected chi connectivity index (χ4v) is 2.32. The van der Waals surface area contributed by atoms with E-state index in [1.165, 1.54) is 6.20 Å². The third-order valence-corrected chi connectivity index (χ3v) is 3.61. The minimum atomic E-state index is -0.133. The van der Waals surface area contributed by atoms with Crippen molar-refractivity contribution in [2.75, 3.05) is 11.4 Å². The predicted octanol–water partition coefficient (Wildman–Crippen LogP) is 3.64. The zero-order valence-corrected chi connectivity index (χ0v) is 14.1. The van der Waals surface area contributed by atoms with Gasteiger partial charge in [0, 0.05) is 30.7 Å². The van der Waals surface area contributed by atoms with E-state index in [9.17, 15) is 4.79 Å². The average Bonchev–Trinajstić information content (AvgIpc) is 2.66. The van der Waals surface area contributed by atoms with Crippen LogP contribution in [0.1, 0.15) is 23.0 Å². The van der Waals surface area contributed by atoms with Gasteiger partial charge in [0.1, 0.15) is 5.75 Å². The van der Waals surface area contributed by atoms with Gasteiger partial charge in [-0.15, -0.1) is 0 Å². The number of hydrogen-bond acceptors (Lipinski definition) is 5. The van der Waals surface area contributed by atoms with Gasteiger partial charge in [0.05, 0.1) is 23.6 Å². The molecular formula is C19H18N4O2. The molecular weight excluding hydrogens is 316 g/mol. The number of carbonyl (C=O) groups is 1. The average molecular weight is 334 g/mol. The first-order valence-corrected chi connectivity index (χ1v) is 7.96. The van der Waals surface area contributed by atoms with Gasteiger partial charge in [-0.05, 0) is 44.2 Å². The molecule has 6 heteroatoms. The number of aryl methyl sites for hydroxylation is 1. The van der Waals surface area contributed by atoms with E-state index in [0.717, 1.165) is 11.4 Å². The van der Waals surface area contributed by atoms with Gasteiger partial charge in [0.2, 0.25) is 5.88 Å². The molecule has 0 N–H and O–H groups in total. The lowest BCUT2D eigenvalue weighted by Gasteiger charge is -2.20. The highest BCUT2D eigenvalue weighted by Crippen LogP contribution is 2.20. The molecule has 0 aliphatic heterocycles. The Morgan fingerprint density at radius 3 is 2.56 bits per heavy atom. The second kappa shape index (κ2) is 7.53. The number of anilines is 1. The molecule has 6 nitrogen and oxygen atoms in total. The van der Waals surface area contributed by atoms with Crippen LogP contribution < -0.4 is 9.64 Å². The molecule has 1 amide bonds. The van der Waals surface area contributed by atoms with Crippen LogP contribution >= 0.6 is 0 Å². The van der Waals surface area contributed by atoms with E-state index >= 15 is 0 Å². The number of nitrogens with zero attached hydrogens (tertiary/aromatic N) is 4. The number of carbonyl (C=O) groups excluding carboxylic acids is 1. The first kappa shape index (κ1) is 16.6. The smallest absolute Gasteiger partial charge is 0.259 e. The van der Waals surface area contributed by atoms with Crippen LogP contribution in [-0.4, -0.2) is 27.4 Å². The van der Waals surface area contributed by atoms with Crippen molar-refractivity contribution in [2.24, 2.45) is 0 Å². The van der Waals surface area contributed by atoms with E-state index in [-0.39, 0.29) is 5.91 Å². The van der Waals surface area contributed by atoms with Gasteiger partial charge in [-0.1, -0.05) is 0 Å². The predicted molar refractivity (Wildman–Crippen MR) is 94.9 cm³/mol. The Bertz CT molecular complexity index is 834. The summed E-state index contributed by atoms with van der Waals surface area (Å²) in [6, 6.07) is 10.7. The topological polar surface area (TPSA) is 68.2 Å². The van der Waals surface area contributed by atoms with E-state index in [1.54, 1.807) is 41.7 Å². The number of amides is 1. The standard InChI is InChI=1S/C19H18N4O2/c1-3-23(16-5-4-10-20-12-16)19(24)15-7-9-18(22-11-15)25-17-8-6-14(2)21-13-17/h4-13H,3H2,1-2H3. The summed E-state index contributed by atoms with van der Waals surface area (Å²) in [4.78, 5) is 26.8. The summed E-state index contributed by atoms with van der Waals surface area (Å²) >= 11 is 0. The number of pyridine rings is 3. The molecule has 0 aliphatic rings. The second-order valence-corrected chi connectivity index (χ2v) is 5.38. The zero-order chi connectivity index (χ0) is 17.6. The van der Waals surface area contributed by atoms with Crippen LogP contribution in [0.15, 0.2) is 61.2 Å². The first-order valence-electron chi connectivity index (χ1n) is 7.96. The summed E-state index contributed by atoms with van der Waals surface area (Å²) in [5, 5.41) is 0. The van der Waals surface area contributed by atoms with E-state index < -0.39 is 0 Å². The monoisotopic (exact) mass is 334 g/mol. The zero-order valence-electron chi connectivity index (χ0n) is 14.1. The molecule has 0 aliphatic carbocycles. The number of ether oxygens (including phenoxy) is 1. The minimum absolute atomic E-state index is 0.133. The van der Waals surface area contributed by atoms with E-state index in [1.807, 2.05) is 32.0 Å². The maximum atomic E-state index is 12.7. The van der Waals surface area contributed by atoms with Gasteiger partial charge >= 0.3 is 0 Å². The lowest BCUT2D eigenvalue weighted by Crippen LogP contribution is -2.30. The maximum absolute atomic E-state index is 12.7. The molecule has 0 unspecified atom stereocenters. The molecule has 0 aromatic carbocycles. The fraction of sp³-hybridized carbons (Fsp3) is 0.158. The number of hydrogen-bond donors (Lipinski definition) is 0. The minimum Gasteiger partial charge on any atom is -0.437 e. The second-order valence-electron chi connectivity index (χ2n) is 5.38. The van der Waals surface area contributed by atoms with E-state index in [2.05, 4.69) is 15.0 Å². The molecule has 25 heavy (non-hydrogen) atoms. The summed E-state index contributed by atoms with van der Waals surface area (Å²) in [5.74, 6) is 0.876. The number of aromatic nitrogens is 3. The van der Waals surface area contributed by atoms with Gasteiger partial charge in [0.15, 0.2) is 0 Å². The molecule has 0 saturated heterocycles. The summed E-state index contributed by atoms with van der Waals surface area (Å²) < 4.78 is 5.63. The van der Waals surface area contributed by atoms with E-state index in [4.69, 9.17) is 4.74 Å². The van der Waals surface area contributed by atoms with E-state index in [0.29, 0.717) is 23.7 Å². The van der Waals surface area contributed by atoms with Gasteiger partial charge < -0.3 is 9.64 Å². The molecule has 0 saturated carbocycles. The lowest BCUT2D eigenvalue weighted by atomic mass is 10.2. The van der Waals surface area contributed by atoms with Crippen molar-refractivity contribution >= 4 is 11.6 Å². The van der Waals surface area contributed by atoms with Gasteiger partial charge in [0.25, 0.3) is 5.91 Å². The summed E-state index contributed by atoms with van der Waals surface area (Å²) in [6.07, 6.45) is 6.49. The van der Waals surface area contributed by atoms with Crippen LogP contribution in [0.2, 0.25) is 0 Å². The maximum Gasteiger partial charge on any atom is 0.259 e. The van der Waals surface area contributed by atoms with Crippen molar-refractivity contribution in [2.45, 2.75) is 13.8 Å². The van der Waals surface area contributed by atoms with Gasteiger partial charge in [-0.25, -0.2) is 4.98 Å². The largest absolute Gasteiger partial charge is 0.437 e. The molecule has 3 rings (SSSR count). The van der Waals surface area contributed by atoms with Gasteiger partial charge in [-0.3, -0.25) is 14.8 Å². The molecule has 0 bridgehead atoms. The van der Waals surface area contributed by atoms with Crippen molar-refractivity contribution in [3.05, 3.63) is 72.4 Å². The quantitative estimate of drug-likeness (QED) is 0.712. The molecule has 3 heterocycles. The Morgan fingerprint density at radius 1 is 1.08 bits per heavy atom. The van der Waals surface area contributed by atoms with Crippen LogP contribution in [0.4, 0.5) is 5.69 Å². The highest BCUT2D eigenvalue weighted by Gasteiger charge is 2.16. The van der Waals surface area contributed by atoms with Crippen molar-refractivity contribution in [1.29, 1.82) is 0 Å². The highest BCUT2D eigenvalue weighted by molar-refractivity contribution is 6.05. The number of rotatable bonds is 5. The Morgan fingerprint density at radius 2 is 1.96 bits per heavy atom. The third-order valence-electron chi connectivity index (χ3n) is 3.61. The van der Waals surface area contributed by atoms with Crippen LogP contribution in [0.3, 0.4) is 0 Å². The van der Waals surface area contributed by atoms with Crippen LogP contribution in [0.5, 0.6) is 11.6 Å². The Hall–Kier alpha value is -3.28. The summed E-state index contributed by atoms with van der Waals surface area (Å²) in [5.41, 5.74) is 2.15. The van der Waals surface area contributed by atoms with Crippen molar-refractivity contribution in [3.8, 4) is 11.6 Å². The SMILES string of the molecule is CCN(C(=O)c1ccc(Oc2ccc(C)nc2)nc1)c1cccnc1. The van der Waals surface area contributed by atoms with Crippen molar-refractivity contribution in [1.82, 2.24) is 15.0 Å². The molecule has 3 aromatic heterocycles. The third kappa shape index (κ3) is 3.98. The summed E-state index contributed by atoms with van der Waals surface area (Å²) in [7, 11) is 0. The van der Waals surface area contributed by atoms with Crippen molar-refractivity contribution < 1.29 is 9.53 Å². The molecule has 126 valence electrons. The van der Waals surface area contributed by atoms with Crippen LogP contribution in [0, 0.1) is 6.92 Å². The normalized spacial score (nSPS) is 10.3. The Balaban J connectivity index is 1.74. The first-order chi connectivity index (χ1) is 12.2.